The molecule has 2 rings (SSSR count). The van der Waals surface area contributed by atoms with Crippen molar-refractivity contribution in [3.8, 4) is 0 Å². The summed E-state index contributed by atoms with van der Waals surface area (Å²) in [5, 5.41) is 0. The summed E-state index contributed by atoms with van der Waals surface area (Å²) in [6, 6.07) is 7.85. The van der Waals surface area contributed by atoms with Crippen LogP contribution >= 0.6 is 11.9 Å². The second kappa shape index (κ2) is 3.11. The molecular formula is C9H7NOS. The number of carbonyl (C=O) groups is 1. The Morgan fingerprint density at radius 3 is 3.08 bits per heavy atom. The first-order valence-electron chi connectivity index (χ1n) is 3.67. The third kappa shape index (κ3) is 1.41. The molecule has 1 aliphatic heterocycles. The third-order valence-electron chi connectivity index (χ3n) is 1.69. The van der Waals surface area contributed by atoms with Gasteiger partial charge >= 0.3 is 0 Å². The molecule has 1 heterocycles. The van der Waals surface area contributed by atoms with Gasteiger partial charge in [-0.2, -0.15) is 0 Å². The van der Waals surface area contributed by atoms with Crippen LogP contribution < -0.4 is 0 Å². The highest BCUT2D eigenvalue weighted by Gasteiger charge is 2.09. The Balaban J connectivity index is 2.44. The average molecular weight is 177 g/mol. The lowest BCUT2D eigenvalue weighted by molar-refractivity contribution is -0.112. The fraction of sp³-hybridized carbons (Fsp3) is 0.111. The fourth-order valence-corrected chi connectivity index (χ4v) is 1.79. The number of hydrogen-bond acceptors (Lipinski definition) is 3. The van der Waals surface area contributed by atoms with Crippen LogP contribution in [0.3, 0.4) is 0 Å². The number of fused-ring (bicyclic) bond motifs is 1. The van der Waals surface area contributed by atoms with E-state index < -0.39 is 0 Å². The van der Waals surface area contributed by atoms with Gasteiger partial charge in [-0.05, 0) is 11.6 Å². The van der Waals surface area contributed by atoms with Gasteiger partial charge in [-0.15, -0.1) is 0 Å². The Morgan fingerprint density at radius 1 is 1.33 bits per heavy atom. The second-order valence-electron chi connectivity index (χ2n) is 2.58. The molecule has 0 bridgehead atoms. The summed E-state index contributed by atoms with van der Waals surface area (Å²) < 4.78 is 3.94. The van der Waals surface area contributed by atoms with Crippen molar-refractivity contribution < 1.29 is 4.79 Å². The summed E-state index contributed by atoms with van der Waals surface area (Å²) in [5.74, 6) is 0.0763. The molecule has 0 spiro atoms. The molecule has 0 amide bonds. The molecule has 12 heavy (non-hydrogen) atoms. The average Bonchev–Trinajstić information content (AvgIpc) is 2.25. The monoisotopic (exact) mass is 177 g/mol. The molecule has 0 atom stereocenters. The van der Waals surface area contributed by atoms with E-state index in [9.17, 15) is 4.79 Å². The van der Waals surface area contributed by atoms with Gasteiger partial charge in [0.25, 0.3) is 0 Å². The van der Waals surface area contributed by atoms with E-state index in [1.165, 1.54) is 18.2 Å². The minimum Gasteiger partial charge on any atom is -0.293 e. The van der Waals surface area contributed by atoms with Crippen molar-refractivity contribution >= 4 is 23.9 Å². The van der Waals surface area contributed by atoms with E-state index >= 15 is 0 Å². The van der Waals surface area contributed by atoms with Gasteiger partial charge < -0.3 is 0 Å². The topological polar surface area (TPSA) is 29.4 Å². The van der Waals surface area contributed by atoms with E-state index in [0.717, 1.165) is 10.5 Å². The molecular weight excluding hydrogens is 170 g/mol. The molecule has 1 aromatic rings. The quantitative estimate of drug-likeness (QED) is 0.566. The van der Waals surface area contributed by atoms with Gasteiger partial charge in [-0.3, -0.25) is 4.79 Å². The van der Waals surface area contributed by atoms with Crippen molar-refractivity contribution in [1.29, 1.82) is 0 Å². The summed E-state index contributed by atoms with van der Waals surface area (Å²) >= 11 is 1.36. The highest BCUT2D eigenvalue weighted by atomic mass is 32.2. The molecule has 0 N–H and O–H groups in total. The highest BCUT2D eigenvalue weighted by molar-refractivity contribution is 7.98. The Morgan fingerprint density at radius 2 is 2.17 bits per heavy atom. The van der Waals surface area contributed by atoms with Crippen LogP contribution in [-0.4, -0.2) is 12.0 Å². The molecule has 0 aliphatic carbocycles. The van der Waals surface area contributed by atoms with Gasteiger partial charge in [0.2, 0.25) is 0 Å². The van der Waals surface area contributed by atoms with Gasteiger partial charge in [-0.1, -0.05) is 18.2 Å². The number of ketones is 1. The van der Waals surface area contributed by atoms with Gasteiger partial charge in [0, 0.05) is 23.3 Å². The van der Waals surface area contributed by atoms with Crippen molar-refractivity contribution in [3.05, 3.63) is 29.8 Å². The predicted molar refractivity (Wildman–Crippen MR) is 49.5 cm³/mol. The van der Waals surface area contributed by atoms with Crippen LogP contribution in [0.4, 0.5) is 0 Å². The van der Waals surface area contributed by atoms with Gasteiger partial charge in [0.05, 0.1) is 6.21 Å². The second-order valence-corrected chi connectivity index (χ2v) is 3.41. The summed E-state index contributed by atoms with van der Waals surface area (Å²) in [7, 11) is 0. The molecule has 0 unspecified atom stereocenters. The van der Waals surface area contributed by atoms with E-state index in [4.69, 9.17) is 0 Å². The number of nitrogens with zero attached hydrogens (tertiary/aromatic N) is 1. The summed E-state index contributed by atoms with van der Waals surface area (Å²) in [6.45, 7) is 0. The van der Waals surface area contributed by atoms with E-state index in [-0.39, 0.29) is 5.78 Å². The number of rotatable bonds is 0. The van der Waals surface area contributed by atoms with Crippen LogP contribution in [0, 0.1) is 0 Å². The maximum absolute atomic E-state index is 11.1. The van der Waals surface area contributed by atoms with E-state index in [1.54, 1.807) is 0 Å². The third-order valence-corrected chi connectivity index (χ3v) is 2.49. The summed E-state index contributed by atoms with van der Waals surface area (Å²) in [5.41, 5.74) is 1.07. The SMILES string of the molecule is O=C1C=NSc2ccccc2C1. The van der Waals surface area contributed by atoms with Crippen LogP contribution in [0.5, 0.6) is 0 Å². The molecule has 0 saturated heterocycles. The Bertz CT molecular complexity index is 346. The fourth-order valence-electron chi connectivity index (χ4n) is 1.11. The molecule has 1 aliphatic rings. The van der Waals surface area contributed by atoms with E-state index in [0.29, 0.717) is 6.42 Å². The van der Waals surface area contributed by atoms with Crippen LogP contribution in [0.2, 0.25) is 0 Å². The molecule has 0 fully saturated rings. The molecule has 0 radical (unpaired) electrons. The van der Waals surface area contributed by atoms with E-state index in [1.807, 2.05) is 24.3 Å². The zero-order valence-corrected chi connectivity index (χ0v) is 7.17. The normalized spacial score (nSPS) is 15.5. The number of carbonyl (C=O) groups excluding carboxylic acids is 1. The first-order valence-corrected chi connectivity index (χ1v) is 4.45. The van der Waals surface area contributed by atoms with Crippen molar-refractivity contribution in [2.45, 2.75) is 11.3 Å². The maximum atomic E-state index is 11.1. The minimum atomic E-state index is 0.0763. The Labute approximate surface area is 74.8 Å². The maximum Gasteiger partial charge on any atom is 0.178 e. The lowest BCUT2D eigenvalue weighted by Crippen LogP contribution is -2.01. The molecule has 0 saturated carbocycles. The molecule has 3 heteroatoms. The van der Waals surface area contributed by atoms with Gasteiger partial charge in [0.15, 0.2) is 5.78 Å². The van der Waals surface area contributed by atoms with Crippen LogP contribution in [0.15, 0.2) is 33.6 Å². The summed E-state index contributed by atoms with van der Waals surface area (Å²) in [6.07, 6.45) is 1.87. The van der Waals surface area contributed by atoms with Gasteiger partial charge in [0.1, 0.15) is 0 Å². The smallest absolute Gasteiger partial charge is 0.178 e. The van der Waals surface area contributed by atoms with Crippen LogP contribution in [0.1, 0.15) is 5.56 Å². The molecule has 0 aromatic heterocycles. The first-order chi connectivity index (χ1) is 5.86. The number of Topliss-reactive ketones (excluding diaryl/α,β-unsaturated/α-hetero) is 1. The molecule has 60 valence electrons. The van der Waals surface area contributed by atoms with E-state index in [2.05, 4.69) is 4.40 Å². The predicted octanol–water partition coefficient (Wildman–Crippen LogP) is 1.89. The van der Waals surface area contributed by atoms with Crippen molar-refractivity contribution in [3.63, 3.8) is 0 Å². The Kier molecular flexibility index (Phi) is 1.96. The number of benzene rings is 1. The number of hydrogen-bond donors (Lipinski definition) is 0. The van der Waals surface area contributed by atoms with Crippen molar-refractivity contribution in [2.24, 2.45) is 4.40 Å². The molecule has 1 aromatic carbocycles. The highest BCUT2D eigenvalue weighted by Crippen LogP contribution is 2.25. The van der Waals surface area contributed by atoms with Crippen molar-refractivity contribution in [2.75, 3.05) is 0 Å². The zero-order chi connectivity index (χ0) is 8.39. The lowest BCUT2D eigenvalue weighted by atomic mass is 10.1. The Hall–Kier alpha value is -1.09. The largest absolute Gasteiger partial charge is 0.293 e. The summed E-state index contributed by atoms with van der Waals surface area (Å²) in [4.78, 5) is 12.2. The van der Waals surface area contributed by atoms with Crippen molar-refractivity contribution in [1.82, 2.24) is 0 Å². The first kappa shape index (κ1) is 7.55. The molecule has 2 nitrogen and oxygen atoms in total. The minimum absolute atomic E-state index is 0.0763. The lowest BCUT2D eigenvalue weighted by Gasteiger charge is -1.99. The standard InChI is InChI=1S/C9H7NOS/c11-8-5-7-3-1-2-4-9(7)12-10-6-8/h1-4,6H,5H2. The van der Waals surface area contributed by atoms with Crippen LogP contribution in [0.25, 0.3) is 0 Å². The van der Waals surface area contributed by atoms with Crippen LogP contribution in [-0.2, 0) is 11.2 Å². The zero-order valence-electron chi connectivity index (χ0n) is 6.36. The van der Waals surface area contributed by atoms with Gasteiger partial charge in [-0.25, -0.2) is 4.40 Å².